The van der Waals surface area contributed by atoms with Gasteiger partial charge in [0.25, 0.3) is 0 Å². The Morgan fingerprint density at radius 3 is 2.66 bits per heavy atom. The Morgan fingerprint density at radius 2 is 1.94 bits per heavy atom. The molecule has 0 fully saturated rings. The predicted molar refractivity (Wildman–Crippen MR) is 139 cm³/mol. The Kier molecular flexibility index (Phi) is 11.2. The topological polar surface area (TPSA) is 85.6 Å². The van der Waals surface area contributed by atoms with Crippen molar-refractivity contribution >= 4 is 35.6 Å². The van der Waals surface area contributed by atoms with Crippen LogP contribution in [0.4, 0.5) is 5.69 Å². The van der Waals surface area contributed by atoms with E-state index in [2.05, 4.69) is 39.2 Å². The van der Waals surface area contributed by atoms with Crippen LogP contribution < -0.4 is 15.4 Å². The first-order valence-electron chi connectivity index (χ1n) is 11.3. The van der Waals surface area contributed by atoms with Crippen LogP contribution >= 0.6 is 24.0 Å². The number of ether oxygens (including phenoxy) is 2. The number of anilines is 1. The molecule has 1 aliphatic rings. The molecule has 0 bridgehead atoms. The summed E-state index contributed by atoms with van der Waals surface area (Å²) in [6, 6.07) is 7.92. The molecule has 1 aliphatic heterocycles. The number of aliphatic imine (C=N–C) groups is 1. The van der Waals surface area contributed by atoms with Crippen molar-refractivity contribution < 1.29 is 9.47 Å². The van der Waals surface area contributed by atoms with Crippen LogP contribution in [-0.4, -0.2) is 46.6 Å². The second-order valence-electron chi connectivity index (χ2n) is 8.52. The van der Waals surface area contributed by atoms with Crippen molar-refractivity contribution in [2.24, 2.45) is 10.9 Å². The van der Waals surface area contributed by atoms with Crippen LogP contribution in [0.1, 0.15) is 52.2 Å². The summed E-state index contributed by atoms with van der Waals surface area (Å²) in [7, 11) is 0. The van der Waals surface area contributed by atoms with Gasteiger partial charge >= 0.3 is 0 Å². The maximum absolute atomic E-state index is 5.73. The van der Waals surface area contributed by atoms with Gasteiger partial charge in [0.2, 0.25) is 0 Å². The van der Waals surface area contributed by atoms with Crippen LogP contribution in [0.2, 0.25) is 0 Å². The zero-order valence-corrected chi connectivity index (χ0v) is 22.0. The predicted octanol–water partition coefficient (Wildman–Crippen LogP) is 4.25. The Labute approximate surface area is 208 Å². The molecule has 0 radical (unpaired) electrons. The van der Waals surface area contributed by atoms with Crippen molar-refractivity contribution in [1.82, 2.24) is 20.1 Å². The lowest BCUT2D eigenvalue weighted by Crippen LogP contribution is -2.32. The molecule has 9 heteroatoms. The van der Waals surface area contributed by atoms with Gasteiger partial charge in [0.1, 0.15) is 18.1 Å². The van der Waals surface area contributed by atoms with Gasteiger partial charge in [-0.2, -0.15) is 0 Å². The van der Waals surface area contributed by atoms with Crippen molar-refractivity contribution in [3.05, 3.63) is 35.9 Å². The smallest absolute Gasteiger partial charge is 0.196 e. The third-order valence-corrected chi connectivity index (χ3v) is 4.76. The third-order valence-electron chi connectivity index (χ3n) is 4.76. The number of guanidine groups is 1. The molecule has 0 aliphatic carbocycles. The van der Waals surface area contributed by atoms with Gasteiger partial charge in [-0.05, 0) is 56.9 Å². The molecule has 0 amide bonds. The standard InChI is InChI=1S/C23H36N6O2.HI/c1-17(2)16-30-14-6-12-24-23(25-15-22-28-27-21-7-5-13-29(21)22)26-19-8-10-20(11-9-19)31-18(3)4;/h8-11,17-18H,5-7,12-16H2,1-4H3,(H2,24,25,26);1H. The van der Waals surface area contributed by atoms with Crippen molar-refractivity contribution in [3.63, 3.8) is 0 Å². The van der Waals surface area contributed by atoms with E-state index in [1.165, 1.54) is 0 Å². The minimum Gasteiger partial charge on any atom is -0.491 e. The lowest BCUT2D eigenvalue weighted by Gasteiger charge is -2.14. The Hall–Kier alpha value is -1.88. The van der Waals surface area contributed by atoms with Gasteiger partial charge in [0.15, 0.2) is 11.8 Å². The van der Waals surface area contributed by atoms with Gasteiger partial charge in [-0.3, -0.25) is 0 Å². The second-order valence-corrected chi connectivity index (χ2v) is 8.52. The first kappa shape index (κ1) is 26.4. The number of halogens is 1. The van der Waals surface area contributed by atoms with Crippen molar-refractivity contribution in [2.75, 3.05) is 25.1 Å². The summed E-state index contributed by atoms with van der Waals surface area (Å²) in [4.78, 5) is 4.75. The van der Waals surface area contributed by atoms with Crippen LogP contribution in [0.25, 0.3) is 0 Å². The SMILES string of the molecule is CC(C)COCCCNC(=NCc1nnc2n1CCC2)Nc1ccc(OC(C)C)cc1.I. The third kappa shape index (κ3) is 8.57. The van der Waals surface area contributed by atoms with Crippen LogP contribution in [0.3, 0.4) is 0 Å². The molecule has 0 unspecified atom stereocenters. The van der Waals surface area contributed by atoms with E-state index in [-0.39, 0.29) is 30.1 Å². The molecular formula is C23H37IN6O2. The summed E-state index contributed by atoms with van der Waals surface area (Å²) in [6.07, 6.45) is 3.20. The van der Waals surface area contributed by atoms with E-state index in [0.717, 1.165) is 74.6 Å². The van der Waals surface area contributed by atoms with Gasteiger partial charge < -0.3 is 24.7 Å². The molecule has 8 nitrogen and oxygen atoms in total. The van der Waals surface area contributed by atoms with Gasteiger partial charge in [0, 0.05) is 38.4 Å². The summed E-state index contributed by atoms with van der Waals surface area (Å²) < 4.78 is 13.6. The quantitative estimate of drug-likeness (QED) is 0.186. The highest BCUT2D eigenvalue weighted by molar-refractivity contribution is 14.0. The molecule has 2 N–H and O–H groups in total. The highest BCUT2D eigenvalue weighted by Gasteiger charge is 2.16. The number of aromatic nitrogens is 3. The molecule has 178 valence electrons. The number of hydrogen-bond donors (Lipinski definition) is 2. The summed E-state index contributed by atoms with van der Waals surface area (Å²) in [5.74, 6) is 4.11. The Morgan fingerprint density at radius 1 is 1.16 bits per heavy atom. The molecule has 2 heterocycles. The molecule has 1 aromatic heterocycles. The van der Waals surface area contributed by atoms with Crippen molar-refractivity contribution in [3.8, 4) is 5.75 Å². The molecule has 0 spiro atoms. The van der Waals surface area contributed by atoms with E-state index in [0.29, 0.717) is 12.5 Å². The fraction of sp³-hybridized carbons (Fsp3) is 0.609. The van der Waals surface area contributed by atoms with Crippen molar-refractivity contribution in [1.29, 1.82) is 0 Å². The van der Waals surface area contributed by atoms with Gasteiger partial charge in [-0.25, -0.2) is 4.99 Å². The molecule has 3 rings (SSSR count). The van der Waals surface area contributed by atoms with Crippen molar-refractivity contribution in [2.45, 2.75) is 66.2 Å². The summed E-state index contributed by atoms with van der Waals surface area (Å²) in [5, 5.41) is 15.4. The molecule has 2 aromatic rings. The average molecular weight is 556 g/mol. The minimum absolute atomic E-state index is 0. The molecular weight excluding hydrogens is 519 g/mol. The van der Waals surface area contributed by atoms with Crippen LogP contribution in [0.5, 0.6) is 5.75 Å². The van der Waals surface area contributed by atoms with E-state index in [1.54, 1.807) is 0 Å². The molecule has 0 atom stereocenters. The number of hydrogen-bond acceptors (Lipinski definition) is 5. The van der Waals surface area contributed by atoms with Crippen LogP contribution in [0.15, 0.2) is 29.3 Å². The monoisotopic (exact) mass is 556 g/mol. The average Bonchev–Trinajstić information content (AvgIpc) is 3.33. The largest absolute Gasteiger partial charge is 0.491 e. The van der Waals surface area contributed by atoms with Gasteiger partial charge in [-0.15, -0.1) is 34.2 Å². The minimum atomic E-state index is 0. The maximum Gasteiger partial charge on any atom is 0.196 e. The molecule has 0 saturated heterocycles. The zero-order chi connectivity index (χ0) is 22.1. The van der Waals surface area contributed by atoms with Gasteiger partial charge in [0.05, 0.1) is 6.10 Å². The number of benzene rings is 1. The Bertz CT molecular complexity index is 836. The van der Waals surface area contributed by atoms with Crippen LogP contribution in [0, 0.1) is 5.92 Å². The first-order chi connectivity index (χ1) is 15.0. The number of nitrogens with one attached hydrogen (secondary N) is 2. The van der Waals surface area contributed by atoms with E-state index in [1.807, 2.05) is 38.1 Å². The van der Waals surface area contributed by atoms with E-state index in [4.69, 9.17) is 14.5 Å². The number of fused-ring (bicyclic) bond motifs is 1. The fourth-order valence-electron chi connectivity index (χ4n) is 3.34. The number of nitrogens with zero attached hydrogens (tertiary/aromatic N) is 4. The number of rotatable bonds is 11. The second kappa shape index (κ2) is 13.6. The number of aryl methyl sites for hydroxylation is 1. The highest BCUT2D eigenvalue weighted by atomic mass is 127. The zero-order valence-electron chi connectivity index (χ0n) is 19.6. The lowest BCUT2D eigenvalue weighted by molar-refractivity contribution is 0.108. The van der Waals surface area contributed by atoms with Gasteiger partial charge in [-0.1, -0.05) is 13.8 Å². The van der Waals surface area contributed by atoms with E-state index >= 15 is 0 Å². The van der Waals surface area contributed by atoms with E-state index in [9.17, 15) is 0 Å². The Balaban J connectivity index is 0.00000363. The lowest BCUT2D eigenvalue weighted by atomic mass is 10.2. The normalized spacial score (nSPS) is 13.2. The molecule has 0 saturated carbocycles. The van der Waals surface area contributed by atoms with Crippen LogP contribution in [-0.2, 0) is 24.2 Å². The summed E-state index contributed by atoms with van der Waals surface area (Å²) in [5.41, 5.74) is 0.949. The maximum atomic E-state index is 5.73. The first-order valence-corrected chi connectivity index (χ1v) is 11.3. The highest BCUT2D eigenvalue weighted by Crippen LogP contribution is 2.17. The van der Waals surface area contributed by atoms with E-state index < -0.39 is 0 Å². The molecule has 1 aromatic carbocycles. The molecule has 32 heavy (non-hydrogen) atoms. The summed E-state index contributed by atoms with van der Waals surface area (Å²) >= 11 is 0. The summed E-state index contributed by atoms with van der Waals surface area (Å²) in [6.45, 7) is 12.1. The fourth-order valence-corrected chi connectivity index (χ4v) is 3.34.